The van der Waals surface area contributed by atoms with Gasteiger partial charge in [0, 0.05) is 39.6 Å². The molecule has 0 bridgehead atoms. The van der Waals surface area contributed by atoms with Crippen molar-refractivity contribution < 1.29 is 42.9 Å². The molecule has 4 N–H and O–H groups in total. The van der Waals surface area contributed by atoms with Gasteiger partial charge in [0.25, 0.3) is 0 Å². The summed E-state index contributed by atoms with van der Waals surface area (Å²) in [6.07, 6.45) is 40.3. The topological polar surface area (TPSA) is 163 Å². The molecule has 0 aliphatic rings. The predicted molar refractivity (Wildman–Crippen MR) is 265 cm³/mol. The molecule has 0 aliphatic carbocycles. The summed E-state index contributed by atoms with van der Waals surface area (Å²) in [6, 6.07) is -0.907. The van der Waals surface area contributed by atoms with Crippen LogP contribution >= 0.6 is 0 Å². The second-order valence-corrected chi connectivity index (χ2v) is 17.6. The Morgan fingerprint density at radius 1 is 0.492 bits per heavy atom. The maximum absolute atomic E-state index is 13.3. The second kappa shape index (κ2) is 47.5. The van der Waals surface area contributed by atoms with Crippen LogP contribution in [0.3, 0.4) is 0 Å². The van der Waals surface area contributed by atoms with E-state index in [0.717, 1.165) is 70.6 Å². The molecule has 0 aromatic heterocycles. The van der Waals surface area contributed by atoms with E-state index in [9.17, 15) is 19.2 Å². The van der Waals surface area contributed by atoms with Gasteiger partial charge in [0.15, 0.2) is 5.79 Å². The third kappa shape index (κ3) is 45.9. The fourth-order valence-electron chi connectivity index (χ4n) is 7.07. The van der Waals surface area contributed by atoms with Crippen molar-refractivity contribution in [2.45, 2.75) is 219 Å². The minimum atomic E-state index is -0.985. The predicted octanol–water partition coefficient (Wildman–Crippen LogP) is 10.9. The van der Waals surface area contributed by atoms with Crippen LogP contribution in [0.2, 0.25) is 0 Å². The molecule has 1 unspecified atom stereocenters. The van der Waals surface area contributed by atoms with Crippen LogP contribution < -0.4 is 21.3 Å². The zero-order chi connectivity index (χ0) is 47.7. The van der Waals surface area contributed by atoms with Gasteiger partial charge in [-0.2, -0.15) is 0 Å². The van der Waals surface area contributed by atoms with Crippen LogP contribution in [0.15, 0.2) is 24.3 Å². The first-order valence-corrected chi connectivity index (χ1v) is 26.0. The molecular formula is C52H98N4O9. The molecule has 0 saturated heterocycles. The van der Waals surface area contributed by atoms with Crippen LogP contribution in [-0.4, -0.2) is 102 Å². The Morgan fingerprint density at radius 3 is 1.42 bits per heavy atom. The van der Waals surface area contributed by atoms with E-state index in [0.29, 0.717) is 26.1 Å². The van der Waals surface area contributed by atoms with Gasteiger partial charge in [0.1, 0.15) is 12.6 Å². The molecule has 13 nitrogen and oxygen atoms in total. The fraction of sp³-hybridized carbons (Fsp3) is 0.846. The summed E-state index contributed by atoms with van der Waals surface area (Å²) >= 11 is 0. The summed E-state index contributed by atoms with van der Waals surface area (Å²) in [7, 11) is 1.59. The maximum Gasteiger partial charge on any atom is 0.407 e. The normalized spacial score (nSPS) is 12.2. The molecule has 0 saturated carbocycles. The van der Waals surface area contributed by atoms with Crippen LogP contribution in [0.5, 0.6) is 0 Å². The Labute approximate surface area is 396 Å². The molecule has 65 heavy (non-hydrogen) atoms. The molecule has 0 fully saturated rings. The zero-order valence-corrected chi connectivity index (χ0v) is 42.2. The van der Waals surface area contributed by atoms with Crippen molar-refractivity contribution >= 4 is 23.8 Å². The Hall–Kier alpha value is -3.00. The largest absolute Gasteiger partial charge is 0.447 e. The number of alkyl carbamates (subject to hydrolysis) is 1. The quantitative estimate of drug-likeness (QED) is 0.0264. The van der Waals surface area contributed by atoms with Gasteiger partial charge in [-0.1, -0.05) is 141 Å². The molecule has 13 heteroatoms. The molecule has 0 aromatic rings. The van der Waals surface area contributed by atoms with E-state index in [1.165, 1.54) is 96.3 Å². The van der Waals surface area contributed by atoms with Crippen molar-refractivity contribution in [1.82, 2.24) is 21.3 Å². The number of carbonyl (C=O) groups is 4. The SMILES string of the molecule is CCCCCCCC/C=C\CCCCCCCC(=O)NCC(NC(=O)CCCCCCC/C=C\CCCCCCCC)C(=O)NCCOC(C)(C)OCCNC(=O)OCCOCCOC. The summed E-state index contributed by atoms with van der Waals surface area (Å²) in [5.74, 6) is -1.70. The molecule has 1 atom stereocenters. The van der Waals surface area contributed by atoms with E-state index < -0.39 is 23.8 Å². The number of carbonyl (C=O) groups excluding carboxylic acids is 4. The van der Waals surface area contributed by atoms with E-state index in [1.807, 2.05) is 0 Å². The Balaban J connectivity index is 4.62. The standard InChI is InChI=1S/C52H98N4O9/c1-6-8-10-12-14-16-18-20-22-24-26-28-30-32-34-36-48(57)55-46-47(56-49(58)37-35-33-31-29-27-25-23-21-19-17-15-13-11-9-7-2)50(59)53-38-40-64-52(3,4)65-41-39-54-51(60)63-45-44-62-43-42-61-5/h20-23,47H,6-19,24-46H2,1-5H3,(H,53,59)(H,54,60)(H,55,57)(H,56,58)/b22-20-,23-21-. The van der Waals surface area contributed by atoms with Crippen molar-refractivity contribution in [3.05, 3.63) is 24.3 Å². The van der Waals surface area contributed by atoms with Crippen molar-refractivity contribution in [1.29, 1.82) is 0 Å². The molecule has 4 amide bonds. The van der Waals surface area contributed by atoms with Crippen LogP contribution in [-0.2, 0) is 38.1 Å². The summed E-state index contributed by atoms with van der Waals surface area (Å²) in [5.41, 5.74) is 0. The number of unbranched alkanes of at least 4 members (excludes halogenated alkanes) is 22. The highest BCUT2D eigenvalue weighted by atomic mass is 16.7. The van der Waals surface area contributed by atoms with Gasteiger partial charge in [-0.3, -0.25) is 14.4 Å². The van der Waals surface area contributed by atoms with Crippen LogP contribution in [0.1, 0.15) is 207 Å². The Morgan fingerprint density at radius 2 is 0.923 bits per heavy atom. The van der Waals surface area contributed by atoms with Crippen molar-refractivity contribution in [2.75, 3.05) is 66.4 Å². The van der Waals surface area contributed by atoms with Gasteiger partial charge in [-0.25, -0.2) is 4.79 Å². The highest BCUT2D eigenvalue weighted by molar-refractivity contribution is 5.88. The first kappa shape index (κ1) is 62.0. The average molecular weight is 923 g/mol. The van der Waals surface area contributed by atoms with E-state index >= 15 is 0 Å². The lowest BCUT2D eigenvalue weighted by Crippen LogP contribution is -2.53. The molecular weight excluding hydrogens is 825 g/mol. The number of methoxy groups -OCH3 is 1. The minimum Gasteiger partial charge on any atom is -0.447 e. The van der Waals surface area contributed by atoms with Crippen LogP contribution in [0, 0.1) is 0 Å². The summed E-state index contributed by atoms with van der Waals surface area (Å²) in [6.45, 7) is 10.0. The van der Waals surface area contributed by atoms with Gasteiger partial charge in [-0.15, -0.1) is 0 Å². The third-order valence-corrected chi connectivity index (χ3v) is 11.1. The summed E-state index contributed by atoms with van der Waals surface area (Å²) < 4.78 is 26.8. The van der Waals surface area contributed by atoms with E-state index in [4.69, 9.17) is 23.7 Å². The number of hydrogen-bond donors (Lipinski definition) is 4. The molecule has 0 rings (SSSR count). The minimum absolute atomic E-state index is 0.0135. The van der Waals surface area contributed by atoms with Crippen molar-refractivity contribution in [2.24, 2.45) is 0 Å². The summed E-state index contributed by atoms with van der Waals surface area (Å²) in [4.78, 5) is 50.9. The monoisotopic (exact) mass is 923 g/mol. The number of nitrogens with one attached hydrogen (secondary N) is 4. The Bertz CT molecular complexity index is 1180. The van der Waals surface area contributed by atoms with Gasteiger partial charge < -0.3 is 45.0 Å². The molecule has 0 spiro atoms. The van der Waals surface area contributed by atoms with Gasteiger partial charge in [-0.05, 0) is 78.1 Å². The molecule has 0 heterocycles. The van der Waals surface area contributed by atoms with Crippen molar-refractivity contribution in [3.8, 4) is 0 Å². The third-order valence-electron chi connectivity index (χ3n) is 11.1. The van der Waals surface area contributed by atoms with Gasteiger partial charge >= 0.3 is 6.09 Å². The Kier molecular flexibility index (Phi) is 45.3. The maximum atomic E-state index is 13.3. The smallest absolute Gasteiger partial charge is 0.407 e. The number of amides is 4. The first-order valence-electron chi connectivity index (χ1n) is 26.0. The lowest BCUT2D eigenvalue weighted by atomic mass is 10.1. The molecule has 0 aromatic carbocycles. The lowest BCUT2D eigenvalue weighted by molar-refractivity contribution is -0.211. The molecule has 380 valence electrons. The fourth-order valence-corrected chi connectivity index (χ4v) is 7.07. The second-order valence-electron chi connectivity index (χ2n) is 17.6. The van der Waals surface area contributed by atoms with E-state index in [1.54, 1.807) is 21.0 Å². The average Bonchev–Trinajstić information content (AvgIpc) is 3.29. The number of ether oxygens (including phenoxy) is 5. The highest BCUT2D eigenvalue weighted by Crippen LogP contribution is 2.13. The summed E-state index contributed by atoms with van der Waals surface area (Å²) in [5, 5.41) is 11.2. The van der Waals surface area contributed by atoms with Gasteiger partial charge in [0.2, 0.25) is 17.7 Å². The number of hydrogen-bond acceptors (Lipinski definition) is 9. The molecule has 0 aliphatic heterocycles. The van der Waals surface area contributed by atoms with E-state index in [-0.39, 0.29) is 57.9 Å². The van der Waals surface area contributed by atoms with Gasteiger partial charge in [0.05, 0.1) is 33.0 Å². The molecule has 0 radical (unpaired) electrons. The first-order chi connectivity index (χ1) is 31.6. The highest BCUT2D eigenvalue weighted by Gasteiger charge is 2.23. The van der Waals surface area contributed by atoms with Crippen LogP contribution in [0.4, 0.5) is 4.79 Å². The van der Waals surface area contributed by atoms with E-state index in [2.05, 4.69) is 59.4 Å². The number of allylic oxidation sites excluding steroid dienone is 4. The zero-order valence-electron chi connectivity index (χ0n) is 42.2. The number of rotatable bonds is 48. The van der Waals surface area contributed by atoms with Crippen molar-refractivity contribution in [3.63, 3.8) is 0 Å². The lowest BCUT2D eigenvalue weighted by Gasteiger charge is -2.26. The van der Waals surface area contributed by atoms with Crippen LogP contribution in [0.25, 0.3) is 0 Å².